The minimum Gasteiger partial charge on any atom is -0.382 e. The lowest BCUT2D eigenvalue weighted by Crippen LogP contribution is -2.30. The molecule has 0 saturated heterocycles. The van der Waals surface area contributed by atoms with Gasteiger partial charge < -0.3 is 47.4 Å². The van der Waals surface area contributed by atoms with E-state index in [0.717, 1.165) is 65.1 Å². The maximum atomic E-state index is 6.39. The summed E-state index contributed by atoms with van der Waals surface area (Å²) in [6.07, 6.45) is 3.08. The molecule has 0 bridgehead atoms. The summed E-state index contributed by atoms with van der Waals surface area (Å²) in [5.41, 5.74) is 23.1. The quantitative estimate of drug-likeness (QED) is 0.0409. The third-order valence-electron chi connectivity index (χ3n) is 19.3. The number of methoxy groups -OCH3 is 4. The van der Waals surface area contributed by atoms with Crippen LogP contribution in [0.4, 0.5) is 17.1 Å². The zero-order valence-electron chi connectivity index (χ0n) is 54.1. The molecule has 2 aliphatic rings. The fraction of sp³-hybridized carbons (Fsp3) is 0.293. The van der Waals surface area contributed by atoms with Gasteiger partial charge in [0.15, 0.2) is 0 Å². The second-order valence-corrected chi connectivity index (χ2v) is 24.7. The average molecular weight is 1230 g/mol. The molecule has 10 nitrogen and oxygen atoms in total. The smallest absolute Gasteiger partial charge is 0.0700 e. The largest absolute Gasteiger partial charge is 0.382 e. The molecule has 10 aromatic carbocycles. The first-order chi connectivity index (χ1) is 45.3. The monoisotopic (exact) mass is 1220 g/mol. The maximum absolute atomic E-state index is 6.39. The molecule has 0 unspecified atom stereocenters. The highest BCUT2D eigenvalue weighted by Gasteiger charge is 2.45. The number of nitrogens with zero attached hydrogens (tertiary/aromatic N) is 2. The Hall–Kier alpha value is -8.26. The van der Waals surface area contributed by atoms with Crippen LogP contribution in [0.3, 0.4) is 0 Å². The van der Waals surface area contributed by atoms with Crippen LogP contribution in [-0.4, -0.2) is 112 Å². The van der Waals surface area contributed by atoms with E-state index in [4.69, 9.17) is 37.9 Å². The normalized spacial score (nSPS) is 13.5. The number of para-hydroxylation sites is 1. The van der Waals surface area contributed by atoms with Crippen LogP contribution in [0.25, 0.3) is 82.8 Å². The molecule has 1 heterocycles. The molecule has 0 spiro atoms. The molecule has 1 aromatic heterocycles. The number of anilines is 3. The fourth-order valence-electron chi connectivity index (χ4n) is 14.7. The number of benzene rings is 10. The van der Waals surface area contributed by atoms with Crippen molar-refractivity contribution in [1.82, 2.24) is 4.57 Å². The standard InChI is InChI=1S/C82H84N2O8/c1-57-18-31-69-71-33-29-65(55-77(71)81(75(69)52-57,36-40-89-48-44-85-3)37-41-90-49-45-86-4)83(66-30-34-72-70-32-19-58(2)53-76(70)82(78(72)56-66,38-42-91-50-46-87-5)39-43-92-51-47-88-6)63-25-20-59(21-26-63)62-24-35-80-74(54-62)73-15-9-10-17-79(73)84(80)64-27-22-61(23-28-64)68-16-11-13-60-12-7-8-14-67(60)68/h7-35,52-56H,36-51H2,1-6H3. The van der Waals surface area contributed by atoms with Crippen LogP contribution >= 0.6 is 0 Å². The van der Waals surface area contributed by atoms with Gasteiger partial charge in [0.1, 0.15) is 0 Å². The van der Waals surface area contributed by atoms with Crippen molar-refractivity contribution < 1.29 is 37.9 Å². The van der Waals surface area contributed by atoms with Crippen molar-refractivity contribution in [3.05, 3.63) is 240 Å². The first-order valence-corrected chi connectivity index (χ1v) is 32.6. The van der Waals surface area contributed by atoms with Gasteiger partial charge in [0.05, 0.1) is 63.9 Å². The number of hydrogen-bond acceptors (Lipinski definition) is 9. The zero-order valence-corrected chi connectivity index (χ0v) is 54.1. The number of hydrogen-bond donors (Lipinski definition) is 0. The first kappa shape index (κ1) is 62.5. The highest BCUT2D eigenvalue weighted by molar-refractivity contribution is 6.10. The van der Waals surface area contributed by atoms with Crippen LogP contribution in [0.5, 0.6) is 0 Å². The summed E-state index contributed by atoms with van der Waals surface area (Å²) in [7, 11) is 6.89. The number of ether oxygens (including phenoxy) is 8. The van der Waals surface area contributed by atoms with E-state index in [2.05, 4.69) is 230 Å². The minimum atomic E-state index is -0.413. The summed E-state index contributed by atoms with van der Waals surface area (Å²) in [5.74, 6) is 0. The Morgan fingerprint density at radius 3 is 1.26 bits per heavy atom. The van der Waals surface area contributed by atoms with Crippen molar-refractivity contribution in [1.29, 1.82) is 0 Å². The van der Waals surface area contributed by atoms with Crippen LogP contribution in [0.2, 0.25) is 0 Å². The second kappa shape index (κ2) is 28.3. The van der Waals surface area contributed by atoms with Gasteiger partial charge in [-0.1, -0.05) is 151 Å². The number of rotatable bonds is 30. The maximum Gasteiger partial charge on any atom is 0.0700 e. The minimum absolute atomic E-state index is 0.413. The molecule has 0 aliphatic heterocycles. The third-order valence-corrected chi connectivity index (χ3v) is 19.3. The SMILES string of the molecule is COCCOCCC1(CCOCCOC)c2cc(C)ccc2-c2ccc(N(c3ccc(-c4ccc5c(c4)c4ccccc4n5-c4ccc(-c5cccc6ccccc56)cc4)cc3)c3ccc4c(c3)C(CCOCCOC)(CCOCCOC)c3cc(C)ccc3-4)cc21. The van der Waals surface area contributed by atoms with Gasteiger partial charge in [-0.25, -0.2) is 0 Å². The summed E-state index contributed by atoms with van der Waals surface area (Å²) >= 11 is 0. The molecule has 10 heteroatoms. The van der Waals surface area contributed by atoms with Gasteiger partial charge in [-0.2, -0.15) is 0 Å². The van der Waals surface area contributed by atoms with E-state index in [0.29, 0.717) is 79.3 Å². The van der Waals surface area contributed by atoms with Crippen molar-refractivity contribution in [2.75, 3.05) is 113 Å². The van der Waals surface area contributed by atoms with Crippen LogP contribution in [0.1, 0.15) is 59.1 Å². The third kappa shape index (κ3) is 12.2. The van der Waals surface area contributed by atoms with Gasteiger partial charge >= 0.3 is 0 Å². The predicted octanol–water partition coefficient (Wildman–Crippen LogP) is 18.1. The van der Waals surface area contributed by atoms with E-state index in [1.807, 2.05) is 0 Å². The Labute approximate surface area is 542 Å². The summed E-state index contributed by atoms with van der Waals surface area (Å²) in [6, 6.07) is 77.4. The van der Waals surface area contributed by atoms with E-state index in [1.165, 1.54) is 93.8 Å². The van der Waals surface area contributed by atoms with Crippen LogP contribution in [0, 0.1) is 13.8 Å². The molecule has 470 valence electrons. The molecule has 2 aliphatic carbocycles. The van der Waals surface area contributed by atoms with Gasteiger partial charge in [0.2, 0.25) is 0 Å². The molecule has 0 N–H and O–H groups in total. The Kier molecular flexibility index (Phi) is 19.2. The lowest BCUT2D eigenvalue weighted by atomic mass is 9.72. The van der Waals surface area contributed by atoms with Gasteiger partial charge in [0, 0.05) is 99.2 Å². The van der Waals surface area contributed by atoms with Crippen molar-refractivity contribution in [2.45, 2.75) is 50.4 Å². The van der Waals surface area contributed by atoms with Crippen molar-refractivity contribution in [3.8, 4) is 50.2 Å². The number of aryl methyl sites for hydroxylation is 2. The molecular formula is C82H84N2O8. The fourth-order valence-corrected chi connectivity index (χ4v) is 14.7. The van der Waals surface area contributed by atoms with Crippen molar-refractivity contribution in [2.24, 2.45) is 0 Å². The predicted molar refractivity (Wildman–Crippen MR) is 375 cm³/mol. The van der Waals surface area contributed by atoms with Crippen molar-refractivity contribution in [3.63, 3.8) is 0 Å². The summed E-state index contributed by atoms with van der Waals surface area (Å²) < 4.78 is 49.7. The van der Waals surface area contributed by atoms with Crippen LogP contribution < -0.4 is 4.90 Å². The molecule has 13 rings (SSSR count). The summed E-state index contributed by atoms with van der Waals surface area (Å²) in [4.78, 5) is 2.47. The molecule has 0 amide bonds. The van der Waals surface area contributed by atoms with Crippen LogP contribution in [0.15, 0.2) is 206 Å². The second-order valence-electron chi connectivity index (χ2n) is 24.7. The van der Waals surface area contributed by atoms with E-state index in [-0.39, 0.29) is 0 Å². The molecule has 0 saturated carbocycles. The molecule has 92 heavy (non-hydrogen) atoms. The zero-order chi connectivity index (χ0) is 63.0. The van der Waals surface area contributed by atoms with Gasteiger partial charge in [-0.05, 0) is 184 Å². The van der Waals surface area contributed by atoms with Gasteiger partial charge in [0.25, 0.3) is 0 Å². The molecule has 0 fully saturated rings. The van der Waals surface area contributed by atoms with Crippen LogP contribution in [-0.2, 0) is 48.7 Å². The number of fused-ring (bicyclic) bond motifs is 10. The van der Waals surface area contributed by atoms with Gasteiger partial charge in [-0.3, -0.25) is 0 Å². The van der Waals surface area contributed by atoms with E-state index in [1.54, 1.807) is 28.4 Å². The van der Waals surface area contributed by atoms with Gasteiger partial charge in [-0.15, -0.1) is 0 Å². The topological polar surface area (TPSA) is 82.0 Å². The molecule has 0 atom stereocenters. The summed E-state index contributed by atoms with van der Waals surface area (Å²) in [5, 5.41) is 4.92. The molecule has 11 aromatic rings. The Morgan fingerprint density at radius 2 is 0.739 bits per heavy atom. The lowest BCUT2D eigenvalue weighted by Gasteiger charge is -2.35. The average Bonchev–Trinajstić information content (AvgIpc) is 1.59. The summed E-state index contributed by atoms with van der Waals surface area (Å²) in [6.45, 7) is 10.9. The Bertz CT molecular complexity index is 4190. The highest BCUT2D eigenvalue weighted by atomic mass is 16.5. The highest BCUT2D eigenvalue weighted by Crippen LogP contribution is 2.57. The van der Waals surface area contributed by atoms with E-state index < -0.39 is 10.8 Å². The molecular weight excluding hydrogens is 1140 g/mol. The Morgan fingerprint density at radius 1 is 0.315 bits per heavy atom. The first-order valence-electron chi connectivity index (χ1n) is 32.6. The van der Waals surface area contributed by atoms with Crippen molar-refractivity contribution >= 4 is 49.6 Å². The Balaban J connectivity index is 0.931. The van der Waals surface area contributed by atoms with E-state index >= 15 is 0 Å². The molecule has 0 radical (unpaired) electrons. The lowest BCUT2D eigenvalue weighted by molar-refractivity contribution is 0.0490. The van der Waals surface area contributed by atoms with E-state index in [9.17, 15) is 0 Å². The number of aromatic nitrogens is 1.